The monoisotopic (exact) mass is 255 g/mol. The summed E-state index contributed by atoms with van der Waals surface area (Å²) in [7, 11) is 1.70. The number of carbonyl (C=O) groups is 1. The van der Waals surface area contributed by atoms with Crippen LogP contribution in [-0.4, -0.2) is 19.1 Å². The molecule has 3 heteroatoms. The van der Waals surface area contributed by atoms with Crippen LogP contribution in [0.1, 0.15) is 18.1 Å². The first-order valence-corrected chi connectivity index (χ1v) is 6.53. The lowest BCUT2D eigenvalue weighted by atomic mass is 9.85. The third kappa shape index (κ3) is 2.05. The maximum absolute atomic E-state index is 11.3. The summed E-state index contributed by atoms with van der Waals surface area (Å²) in [5.74, 6) is 0.936. The fraction of sp³-hybridized carbons (Fsp3) is 0.312. The normalized spacial score (nSPS) is 17.3. The molecule has 1 aliphatic rings. The lowest BCUT2D eigenvalue weighted by molar-refractivity contribution is -0.119. The molecular formula is C16H17NO2. The molecule has 1 aliphatic carbocycles. The van der Waals surface area contributed by atoms with Crippen LogP contribution in [0.4, 0.5) is 0 Å². The maximum atomic E-state index is 11.3. The van der Waals surface area contributed by atoms with Gasteiger partial charge in [0.15, 0.2) is 0 Å². The third-order valence-corrected chi connectivity index (χ3v) is 3.74. The Balaban J connectivity index is 2.14. The van der Waals surface area contributed by atoms with Gasteiger partial charge in [-0.15, -0.1) is 0 Å². The highest BCUT2D eigenvalue weighted by atomic mass is 16.5. The number of hydrogen-bond acceptors (Lipinski definition) is 2. The van der Waals surface area contributed by atoms with Gasteiger partial charge in [0.2, 0.25) is 5.91 Å². The summed E-state index contributed by atoms with van der Waals surface area (Å²) in [6.07, 6.45) is 1.72. The van der Waals surface area contributed by atoms with Crippen LogP contribution in [0.2, 0.25) is 0 Å². The number of rotatable bonds is 2. The number of amides is 1. The second-order valence-electron chi connectivity index (χ2n) is 5.07. The van der Waals surface area contributed by atoms with Crippen LogP contribution in [-0.2, 0) is 17.6 Å². The zero-order chi connectivity index (χ0) is 13.4. The maximum Gasteiger partial charge on any atom is 0.217 e. The smallest absolute Gasteiger partial charge is 0.217 e. The largest absolute Gasteiger partial charge is 0.496 e. The molecule has 19 heavy (non-hydrogen) atoms. The summed E-state index contributed by atoms with van der Waals surface area (Å²) >= 11 is 0. The minimum Gasteiger partial charge on any atom is -0.496 e. The summed E-state index contributed by atoms with van der Waals surface area (Å²) in [6.45, 7) is 1.57. The molecule has 0 radical (unpaired) electrons. The molecule has 0 bridgehead atoms. The van der Waals surface area contributed by atoms with E-state index in [9.17, 15) is 4.79 Å². The lowest BCUT2D eigenvalue weighted by Crippen LogP contribution is -2.38. The highest BCUT2D eigenvalue weighted by Crippen LogP contribution is 2.35. The Morgan fingerprint density at radius 3 is 2.84 bits per heavy atom. The fourth-order valence-electron chi connectivity index (χ4n) is 3.05. The number of nitrogens with one attached hydrogen (secondary N) is 1. The van der Waals surface area contributed by atoms with E-state index in [-0.39, 0.29) is 11.9 Å². The Bertz CT molecular complexity index is 648. The van der Waals surface area contributed by atoms with Crippen molar-refractivity contribution in [1.82, 2.24) is 5.32 Å². The third-order valence-electron chi connectivity index (χ3n) is 3.74. The van der Waals surface area contributed by atoms with Crippen molar-refractivity contribution in [2.45, 2.75) is 25.8 Å². The van der Waals surface area contributed by atoms with Crippen molar-refractivity contribution < 1.29 is 9.53 Å². The number of benzene rings is 2. The van der Waals surface area contributed by atoms with Crippen molar-refractivity contribution in [1.29, 1.82) is 0 Å². The predicted octanol–water partition coefficient (Wildman–Crippen LogP) is 2.45. The minimum absolute atomic E-state index is 0.0236. The van der Waals surface area contributed by atoms with Gasteiger partial charge in [0.05, 0.1) is 7.11 Å². The number of carbonyl (C=O) groups excluding carboxylic acids is 1. The zero-order valence-corrected chi connectivity index (χ0v) is 11.2. The van der Waals surface area contributed by atoms with Gasteiger partial charge in [0.1, 0.15) is 5.75 Å². The quantitative estimate of drug-likeness (QED) is 0.895. The molecule has 0 unspecified atom stereocenters. The van der Waals surface area contributed by atoms with E-state index in [4.69, 9.17) is 4.74 Å². The molecule has 3 nitrogen and oxygen atoms in total. The molecule has 98 valence electrons. The molecule has 0 saturated heterocycles. The molecule has 2 aromatic carbocycles. The van der Waals surface area contributed by atoms with Crippen molar-refractivity contribution in [3.8, 4) is 5.75 Å². The van der Waals surface area contributed by atoms with E-state index in [0.29, 0.717) is 0 Å². The summed E-state index contributed by atoms with van der Waals surface area (Å²) in [4.78, 5) is 11.3. The van der Waals surface area contributed by atoms with Gasteiger partial charge < -0.3 is 10.1 Å². The van der Waals surface area contributed by atoms with Gasteiger partial charge >= 0.3 is 0 Å². The van der Waals surface area contributed by atoms with E-state index in [0.717, 1.165) is 18.6 Å². The van der Waals surface area contributed by atoms with Crippen LogP contribution in [0.25, 0.3) is 10.8 Å². The van der Waals surface area contributed by atoms with Crippen LogP contribution < -0.4 is 10.1 Å². The summed E-state index contributed by atoms with van der Waals surface area (Å²) in [5.41, 5.74) is 2.50. The van der Waals surface area contributed by atoms with E-state index in [1.54, 1.807) is 14.0 Å². The lowest BCUT2D eigenvalue weighted by Gasteiger charge is -2.27. The number of ether oxygens (including phenoxy) is 1. The molecule has 0 fully saturated rings. The zero-order valence-electron chi connectivity index (χ0n) is 11.2. The summed E-state index contributed by atoms with van der Waals surface area (Å²) < 4.78 is 5.47. The molecular weight excluding hydrogens is 238 g/mol. The Kier molecular flexibility index (Phi) is 2.90. The van der Waals surface area contributed by atoms with E-state index >= 15 is 0 Å². The first-order chi connectivity index (χ1) is 9.19. The van der Waals surface area contributed by atoms with E-state index in [1.807, 2.05) is 6.07 Å². The Morgan fingerprint density at radius 2 is 2.11 bits per heavy atom. The molecule has 0 aliphatic heterocycles. The second-order valence-corrected chi connectivity index (χ2v) is 5.07. The topological polar surface area (TPSA) is 38.3 Å². The van der Waals surface area contributed by atoms with Gasteiger partial charge in [0.25, 0.3) is 0 Å². The minimum atomic E-state index is 0.0236. The van der Waals surface area contributed by atoms with Gasteiger partial charge in [-0.3, -0.25) is 4.79 Å². The highest BCUT2D eigenvalue weighted by molar-refractivity contribution is 5.92. The van der Waals surface area contributed by atoms with Gasteiger partial charge in [-0.05, 0) is 35.2 Å². The standard InChI is InChI=1S/C16H17NO2/c1-10(18)17-13-8-12-5-3-4-11-6-7-15(19-2)14(9-13)16(11)12/h3-7,13H,8-9H2,1-2H3,(H,17,18)/t13-/m0/s1. The molecule has 0 aromatic heterocycles. The van der Waals surface area contributed by atoms with Gasteiger partial charge in [-0.2, -0.15) is 0 Å². The van der Waals surface area contributed by atoms with E-state index in [1.165, 1.54) is 21.9 Å². The van der Waals surface area contributed by atoms with Crippen molar-refractivity contribution in [2.24, 2.45) is 0 Å². The molecule has 1 N–H and O–H groups in total. The molecule has 1 atom stereocenters. The van der Waals surface area contributed by atoms with Gasteiger partial charge in [0, 0.05) is 18.5 Å². The van der Waals surface area contributed by atoms with Crippen LogP contribution in [0.3, 0.4) is 0 Å². The second kappa shape index (κ2) is 4.57. The Labute approximate surface area is 112 Å². The Hall–Kier alpha value is -2.03. The summed E-state index contributed by atoms with van der Waals surface area (Å²) in [6, 6.07) is 10.6. The van der Waals surface area contributed by atoms with Crippen LogP contribution >= 0.6 is 0 Å². The predicted molar refractivity (Wildman–Crippen MR) is 75.5 cm³/mol. The first kappa shape index (κ1) is 12.0. The van der Waals surface area contributed by atoms with E-state index in [2.05, 4.69) is 29.6 Å². The Morgan fingerprint density at radius 1 is 1.26 bits per heavy atom. The van der Waals surface area contributed by atoms with Crippen LogP contribution in [0.5, 0.6) is 5.75 Å². The molecule has 0 saturated carbocycles. The SMILES string of the molecule is COc1ccc2cccc3c2c1C[C@@H](NC(C)=O)C3. The van der Waals surface area contributed by atoms with Crippen molar-refractivity contribution in [3.05, 3.63) is 41.5 Å². The number of hydrogen-bond donors (Lipinski definition) is 1. The average molecular weight is 255 g/mol. The average Bonchev–Trinajstić information content (AvgIpc) is 2.38. The molecule has 0 spiro atoms. The fourth-order valence-corrected chi connectivity index (χ4v) is 3.05. The van der Waals surface area contributed by atoms with Crippen molar-refractivity contribution >= 4 is 16.7 Å². The number of methoxy groups -OCH3 is 1. The molecule has 3 rings (SSSR count). The van der Waals surface area contributed by atoms with Gasteiger partial charge in [-0.1, -0.05) is 24.3 Å². The molecule has 2 aromatic rings. The van der Waals surface area contributed by atoms with Crippen LogP contribution in [0.15, 0.2) is 30.3 Å². The summed E-state index contributed by atoms with van der Waals surface area (Å²) in [5, 5.41) is 5.56. The van der Waals surface area contributed by atoms with E-state index < -0.39 is 0 Å². The van der Waals surface area contributed by atoms with Gasteiger partial charge in [-0.25, -0.2) is 0 Å². The highest BCUT2D eigenvalue weighted by Gasteiger charge is 2.23. The van der Waals surface area contributed by atoms with Crippen molar-refractivity contribution in [2.75, 3.05) is 7.11 Å². The van der Waals surface area contributed by atoms with Crippen LogP contribution in [0, 0.1) is 0 Å². The molecule has 1 amide bonds. The molecule has 0 heterocycles. The van der Waals surface area contributed by atoms with Crippen molar-refractivity contribution in [3.63, 3.8) is 0 Å². The first-order valence-electron chi connectivity index (χ1n) is 6.53.